The van der Waals surface area contributed by atoms with Crippen molar-refractivity contribution in [3.63, 3.8) is 0 Å². The minimum absolute atomic E-state index is 0.148. The zero-order valence-electron chi connectivity index (χ0n) is 15.5. The Morgan fingerprint density at radius 3 is 2.57 bits per heavy atom. The van der Waals surface area contributed by atoms with Crippen molar-refractivity contribution in [2.45, 2.75) is 19.8 Å². The molecule has 4 aromatic rings. The van der Waals surface area contributed by atoms with E-state index in [0.29, 0.717) is 29.7 Å². The normalized spacial score (nSPS) is 11.2. The molecule has 0 saturated carbocycles. The SMILES string of the molecule is Cn1[nH]c2cc(=O)n(Cc3cccnc3)c(COCc3ccccc3)c2c1=O. The summed E-state index contributed by atoms with van der Waals surface area (Å²) in [7, 11) is 1.63. The number of H-pyrrole nitrogens is 1. The smallest absolute Gasteiger partial charge is 0.275 e. The maximum Gasteiger partial charge on any atom is 0.275 e. The van der Waals surface area contributed by atoms with Crippen molar-refractivity contribution in [3.8, 4) is 0 Å². The van der Waals surface area contributed by atoms with E-state index >= 15 is 0 Å². The monoisotopic (exact) mass is 376 g/mol. The Morgan fingerprint density at radius 1 is 1.04 bits per heavy atom. The van der Waals surface area contributed by atoms with Gasteiger partial charge in [-0.25, -0.2) is 0 Å². The molecule has 1 aromatic carbocycles. The largest absolute Gasteiger partial charge is 0.371 e. The van der Waals surface area contributed by atoms with Crippen LogP contribution in [0.15, 0.2) is 70.5 Å². The Kier molecular flexibility index (Phi) is 4.90. The molecule has 0 bridgehead atoms. The average molecular weight is 376 g/mol. The van der Waals surface area contributed by atoms with Gasteiger partial charge < -0.3 is 9.30 Å². The second-order valence-electron chi connectivity index (χ2n) is 6.62. The fourth-order valence-corrected chi connectivity index (χ4v) is 3.26. The van der Waals surface area contributed by atoms with Gasteiger partial charge in [0.1, 0.15) is 0 Å². The second-order valence-corrected chi connectivity index (χ2v) is 6.62. The van der Waals surface area contributed by atoms with Crippen LogP contribution in [0.5, 0.6) is 0 Å². The molecule has 0 amide bonds. The van der Waals surface area contributed by atoms with Gasteiger partial charge in [0, 0.05) is 25.5 Å². The van der Waals surface area contributed by atoms with Gasteiger partial charge >= 0.3 is 0 Å². The lowest BCUT2D eigenvalue weighted by atomic mass is 10.2. The maximum atomic E-state index is 12.8. The number of nitrogens with zero attached hydrogens (tertiary/aromatic N) is 3. The maximum absolute atomic E-state index is 12.8. The van der Waals surface area contributed by atoms with Crippen LogP contribution in [0, 0.1) is 0 Å². The van der Waals surface area contributed by atoms with E-state index < -0.39 is 0 Å². The molecule has 0 atom stereocenters. The zero-order chi connectivity index (χ0) is 19.5. The van der Waals surface area contributed by atoms with E-state index in [0.717, 1.165) is 11.1 Å². The van der Waals surface area contributed by atoms with E-state index in [1.807, 2.05) is 42.5 Å². The van der Waals surface area contributed by atoms with E-state index in [9.17, 15) is 9.59 Å². The highest BCUT2D eigenvalue weighted by molar-refractivity contribution is 5.80. The Balaban J connectivity index is 1.75. The van der Waals surface area contributed by atoms with Crippen LogP contribution < -0.4 is 11.1 Å². The third-order valence-electron chi connectivity index (χ3n) is 4.64. The van der Waals surface area contributed by atoms with Gasteiger partial charge in [0.25, 0.3) is 11.1 Å². The summed E-state index contributed by atoms with van der Waals surface area (Å²) in [4.78, 5) is 29.5. The van der Waals surface area contributed by atoms with Crippen molar-refractivity contribution in [1.82, 2.24) is 19.3 Å². The molecule has 0 saturated heterocycles. The lowest BCUT2D eigenvalue weighted by Gasteiger charge is -2.14. The number of hydrogen-bond donors (Lipinski definition) is 1. The van der Waals surface area contributed by atoms with Crippen molar-refractivity contribution in [2.24, 2.45) is 7.05 Å². The first-order valence-electron chi connectivity index (χ1n) is 8.95. The lowest BCUT2D eigenvalue weighted by molar-refractivity contribution is 0.103. The molecule has 0 aliphatic heterocycles. The molecule has 0 spiro atoms. The number of benzene rings is 1. The summed E-state index contributed by atoms with van der Waals surface area (Å²) >= 11 is 0. The summed E-state index contributed by atoms with van der Waals surface area (Å²) in [6.45, 7) is 0.860. The zero-order valence-corrected chi connectivity index (χ0v) is 15.5. The summed E-state index contributed by atoms with van der Waals surface area (Å²) in [6, 6.07) is 14.9. The first-order valence-corrected chi connectivity index (χ1v) is 8.95. The standard InChI is InChI=1S/C21H20N4O3/c1-24-21(27)20-17(23-24)10-19(26)25(12-16-8-5-9-22-11-16)18(20)14-28-13-15-6-3-2-4-7-15/h2-11,23H,12-14H2,1H3. The molecule has 3 aromatic heterocycles. The van der Waals surface area contributed by atoms with E-state index in [1.165, 1.54) is 10.7 Å². The molecular formula is C21H20N4O3. The molecule has 7 nitrogen and oxygen atoms in total. The molecule has 28 heavy (non-hydrogen) atoms. The number of pyridine rings is 2. The van der Waals surface area contributed by atoms with E-state index in [-0.39, 0.29) is 17.7 Å². The summed E-state index contributed by atoms with van der Waals surface area (Å²) < 4.78 is 8.83. The minimum atomic E-state index is -0.198. The minimum Gasteiger partial charge on any atom is -0.371 e. The molecule has 7 heteroatoms. The van der Waals surface area contributed by atoms with Crippen molar-refractivity contribution in [3.05, 3.63) is 98.5 Å². The second kappa shape index (κ2) is 7.66. The number of aromatic amines is 1. The summed E-state index contributed by atoms with van der Waals surface area (Å²) in [5, 5.41) is 3.40. The number of rotatable bonds is 6. The van der Waals surface area contributed by atoms with Crippen LogP contribution >= 0.6 is 0 Å². The molecule has 1 N–H and O–H groups in total. The first kappa shape index (κ1) is 17.9. The number of aromatic nitrogens is 4. The van der Waals surface area contributed by atoms with Crippen molar-refractivity contribution < 1.29 is 4.74 Å². The molecule has 0 aliphatic carbocycles. The average Bonchev–Trinajstić information content (AvgIpc) is 2.99. The van der Waals surface area contributed by atoms with Gasteiger partial charge in [0.15, 0.2) is 0 Å². The number of nitrogens with one attached hydrogen (secondary N) is 1. The number of fused-ring (bicyclic) bond motifs is 1. The number of ether oxygens (including phenoxy) is 1. The predicted octanol–water partition coefficient (Wildman–Crippen LogP) is 2.19. The van der Waals surface area contributed by atoms with Crippen LogP contribution in [0.1, 0.15) is 16.8 Å². The summed E-state index contributed by atoms with van der Waals surface area (Å²) in [5.41, 5.74) is 2.59. The van der Waals surface area contributed by atoms with Crippen LogP contribution in [0.25, 0.3) is 10.9 Å². The van der Waals surface area contributed by atoms with Crippen molar-refractivity contribution in [1.29, 1.82) is 0 Å². The van der Waals surface area contributed by atoms with Gasteiger partial charge in [-0.1, -0.05) is 36.4 Å². The van der Waals surface area contributed by atoms with Gasteiger partial charge in [-0.2, -0.15) is 0 Å². The Morgan fingerprint density at radius 2 is 1.82 bits per heavy atom. The quantitative estimate of drug-likeness (QED) is 0.559. The van der Waals surface area contributed by atoms with Crippen molar-refractivity contribution >= 4 is 10.9 Å². The highest BCUT2D eigenvalue weighted by Crippen LogP contribution is 2.15. The molecular weight excluding hydrogens is 356 g/mol. The van der Waals surface area contributed by atoms with E-state index in [4.69, 9.17) is 4.74 Å². The molecule has 3 heterocycles. The van der Waals surface area contributed by atoms with Gasteiger partial charge in [0.05, 0.1) is 36.4 Å². The van der Waals surface area contributed by atoms with Gasteiger partial charge in [-0.3, -0.25) is 24.4 Å². The third kappa shape index (κ3) is 3.52. The van der Waals surface area contributed by atoms with Crippen LogP contribution in [0.3, 0.4) is 0 Å². The van der Waals surface area contributed by atoms with Gasteiger partial charge in [-0.15, -0.1) is 0 Å². The predicted molar refractivity (Wildman–Crippen MR) is 106 cm³/mol. The fraction of sp³-hybridized carbons (Fsp3) is 0.190. The van der Waals surface area contributed by atoms with Crippen LogP contribution in [-0.4, -0.2) is 19.3 Å². The highest BCUT2D eigenvalue weighted by Gasteiger charge is 2.16. The molecule has 0 unspecified atom stereocenters. The molecule has 0 radical (unpaired) electrons. The molecule has 0 aliphatic rings. The Labute approximate surface area is 160 Å². The molecule has 0 fully saturated rings. The topological polar surface area (TPSA) is 81.9 Å². The van der Waals surface area contributed by atoms with Gasteiger partial charge in [-0.05, 0) is 17.2 Å². The summed E-state index contributed by atoms with van der Waals surface area (Å²) in [6.07, 6.45) is 3.39. The summed E-state index contributed by atoms with van der Waals surface area (Å²) in [5.74, 6) is 0. The van der Waals surface area contributed by atoms with Crippen LogP contribution in [0.2, 0.25) is 0 Å². The molecule has 142 valence electrons. The van der Waals surface area contributed by atoms with E-state index in [1.54, 1.807) is 24.0 Å². The van der Waals surface area contributed by atoms with Crippen LogP contribution in [0.4, 0.5) is 0 Å². The van der Waals surface area contributed by atoms with Crippen molar-refractivity contribution in [2.75, 3.05) is 0 Å². The first-order chi connectivity index (χ1) is 13.6. The fourth-order valence-electron chi connectivity index (χ4n) is 3.26. The molecule has 4 rings (SSSR count). The number of aryl methyl sites for hydroxylation is 1. The third-order valence-corrected chi connectivity index (χ3v) is 4.64. The van der Waals surface area contributed by atoms with E-state index in [2.05, 4.69) is 10.1 Å². The number of hydrogen-bond acceptors (Lipinski definition) is 4. The Bertz CT molecular complexity index is 1210. The highest BCUT2D eigenvalue weighted by atomic mass is 16.5. The van der Waals surface area contributed by atoms with Gasteiger partial charge in [0.2, 0.25) is 0 Å². The lowest BCUT2D eigenvalue weighted by Crippen LogP contribution is -2.26. The Hall–Kier alpha value is -3.45. The van der Waals surface area contributed by atoms with Crippen LogP contribution in [-0.2, 0) is 31.5 Å².